The predicted molar refractivity (Wildman–Crippen MR) is 358 cm³/mol. The molecule has 0 saturated heterocycles. The van der Waals surface area contributed by atoms with Crippen LogP contribution in [0.15, 0.2) is 0 Å². The van der Waals surface area contributed by atoms with Crippen molar-refractivity contribution in [3.05, 3.63) is 0 Å². The molecule has 0 amide bonds. The van der Waals surface area contributed by atoms with Crippen LogP contribution in [0.25, 0.3) is 0 Å². The molecule has 0 bridgehead atoms. The van der Waals surface area contributed by atoms with Crippen molar-refractivity contribution in [1.29, 1.82) is 0 Å². The van der Waals surface area contributed by atoms with Crippen LogP contribution in [0.1, 0.15) is 344 Å². The van der Waals surface area contributed by atoms with Gasteiger partial charge in [-0.2, -0.15) is 0 Å². The van der Waals surface area contributed by atoms with E-state index in [2.05, 4.69) is 55.4 Å². The highest BCUT2D eigenvalue weighted by molar-refractivity contribution is 7.47. The van der Waals surface area contributed by atoms with E-state index in [1.807, 2.05) is 0 Å². The number of hydrogen-bond donors (Lipinski definition) is 3. The van der Waals surface area contributed by atoms with E-state index in [0.717, 1.165) is 115 Å². The van der Waals surface area contributed by atoms with Gasteiger partial charge in [-0.15, -0.1) is 0 Å². The number of phosphoric ester groups is 2. The molecule has 0 aromatic carbocycles. The first-order valence-electron chi connectivity index (χ1n) is 36.2. The van der Waals surface area contributed by atoms with Crippen LogP contribution in [-0.2, 0) is 65.4 Å². The van der Waals surface area contributed by atoms with Gasteiger partial charge in [-0.05, 0) is 49.4 Å². The van der Waals surface area contributed by atoms with Crippen LogP contribution >= 0.6 is 15.6 Å². The summed E-state index contributed by atoms with van der Waals surface area (Å²) in [7, 11) is -9.90. The minimum absolute atomic E-state index is 0.102. The summed E-state index contributed by atoms with van der Waals surface area (Å²) in [5.41, 5.74) is 0. The SMILES string of the molecule is CCC(C)CCCCCCCCC(=O)OC[C@H](COP(=O)(O)OCC(O)COP(=O)(O)OC[C@@H](COC(=O)CCCCCCCCCC(C)C)OC(=O)CCCCCCCCCC(C)C)OC(=O)CCCCCCCCCCCCCCCCCCC(C)C. The van der Waals surface area contributed by atoms with Gasteiger partial charge in [0.15, 0.2) is 12.2 Å². The van der Waals surface area contributed by atoms with Crippen molar-refractivity contribution in [3.8, 4) is 0 Å². The van der Waals surface area contributed by atoms with E-state index in [1.54, 1.807) is 0 Å². The summed E-state index contributed by atoms with van der Waals surface area (Å²) >= 11 is 0. The maximum atomic E-state index is 13.0. The van der Waals surface area contributed by atoms with Gasteiger partial charge in [-0.1, -0.05) is 293 Å². The number of carbonyl (C=O) groups excluding carboxylic acids is 4. The average molecular weight is 1310 g/mol. The Hall–Kier alpha value is -1.94. The first kappa shape index (κ1) is 87.1. The first-order valence-corrected chi connectivity index (χ1v) is 39.2. The van der Waals surface area contributed by atoms with Crippen molar-refractivity contribution < 1.29 is 80.2 Å². The van der Waals surface area contributed by atoms with Gasteiger partial charge in [0, 0.05) is 25.7 Å². The summed E-state index contributed by atoms with van der Waals surface area (Å²) in [6, 6.07) is 0. The summed E-state index contributed by atoms with van der Waals surface area (Å²) in [6.07, 6.45) is 42.0. The Balaban J connectivity index is 5.19. The minimum Gasteiger partial charge on any atom is -0.462 e. The smallest absolute Gasteiger partial charge is 0.462 e. The summed E-state index contributed by atoms with van der Waals surface area (Å²) in [5, 5.41) is 10.6. The molecular formula is C70H136O17P2. The van der Waals surface area contributed by atoms with Crippen LogP contribution in [0.3, 0.4) is 0 Å². The summed E-state index contributed by atoms with van der Waals surface area (Å²) in [6.45, 7) is 14.0. The van der Waals surface area contributed by atoms with Gasteiger partial charge in [-0.25, -0.2) is 9.13 Å². The molecule has 0 aliphatic heterocycles. The predicted octanol–water partition coefficient (Wildman–Crippen LogP) is 19.7. The van der Waals surface area contributed by atoms with Crippen LogP contribution in [-0.4, -0.2) is 96.7 Å². The van der Waals surface area contributed by atoms with Crippen molar-refractivity contribution in [3.63, 3.8) is 0 Å². The second kappa shape index (κ2) is 59.8. The van der Waals surface area contributed by atoms with Crippen molar-refractivity contribution in [2.24, 2.45) is 23.7 Å². The van der Waals surface area contributed by atoms with E-state index < -0.39 is 97.5 Å². The molecule has 0 aromatic heterocycles. The van der Waals surface area contributed by atoms with E-state index in [4.69, 9.17) is 37.0 Å². The lowest BCUT2D eigenvalue weighted by Gasteiger charge is -2.21. The zero-order chi connectivity index (χ0) is 66.1. The molecule has 0 rings (SSSR count). The Labute approximate surface area is 543 Å². The van der Waals surface area contributed by atoms with Crippen LogP contribution in [0, 0.1) is 23.7 Å². The third-order valence-electron chi connectivity index (χ3n) is 16.4. The van der Waals surface area contributed by atoms with E-state index in [1.165, 1.54) is 135 Å². The highest BCUT2D eigenvalue weighted by Crippen LogP contribution is 2.45. The second-order valence-corrected chi connectivity index (χ2v) is 29.8. The van der Waals surface area contributed by atoms with Crippen LogP contribution in [0.5, 0.6) is 0 Å². The van der Waals surface area contributed by atoms with Gasteiger partial charge >= 0.3 is 39.5 Å². The lowest BCUT2D eigenvalue weighted by Crippen LogP contribution is -2.30. The van der Waals surface area contributed by atoms with Gasteiger partial charge in [-0.3, -0.25) is 37.3 Å². The molecule has 19 heteroatoms. The summed E-state index contributed by atoms with van der Waals surface area (Å²) < 4.78 is 68.2. The normalized spacial score (nSPS) is 14.6. The Kier molecular flexibility index (Phi) is 58.5. The molecule has 17 nitrogen and oxygen atoms in total. The summed E-state index contributed by atoms with van der Waals surface area (Å²) in [4.78, 5) is 72.4. The standard InChI is InChI=1S/C70H136O17P2/c1-9-63(8)49-41-33-28-29-35-43-51-68(73)81-57-66(86-69(74)52-44-36-25-19-17-15-13-11-10-12-14-16-18-22-30-38-46-60(2)3)59-85-89(78,79)83-55-64(71)54-82-88(76,77)84-58-65(87-70(75)53-45-37-27-21-24-32-40-48-62(6)7)56-80-67(72)50-42-34-26-20-23-31-39-47-61(4)5/h60-66,71H,9-59H2,1-8H3,(H,76,77)(H,78,79)/t63?,64?,65-,66-/m1/s1. The van der Waals surface area contributed by atoms with E-state index in [9.17, 15) is 43.2 Å². The molecule has 0 heterocycles. The Bertz CT molecular complexity index is 1770. The number of unbranched alkanes of at least 4 members (excludes halogenated alkanes) is 32. The third kappa shape index (κ3) is 63.2. The van der Waals surface area contributed by atoms with Gasteiger partial charge in [0.1, 0.15) is 19.3 Å². The van der Waals surface area contributed by atoms with Crippen molar-refractivity contribution in [2.45, 2.75) is 363 Å². The number of ether oxygens (including phenoxy) is 4. The fourth-order valence-electron chi connectivity index (χ4n) is 10.5. The Morgan fingerprint density at radius 1 is 0.315 bits per heavy atom. The molecule has 0 radical (unpaired) electrons. The number of esters is 4. The molecule has 6 atom stereocenters. The number of phosphoric acid groups is 2. The lowest BCUT2D eigenvalue weighted by atomic mass is 10.00. The maximum absolute atomic E-state index is 13.0. The summed E-state index contributed by atoms with van der Waals surface area (Å²) in [5.74, 6) is 0.807. The largest absolute Gasteiger partial charge is 0.472 e. The number of carbonyl (C=O) groups is 4. The first-order chi connectivity index (χ1) is 42.6. The molecule has 0 fully saturated rings. The molecule has 89 heavy (non-hydrogen) atoms. The quantitative estimate of drug-likeness (QED) is 0.0222. The zero-order valence-corrected chi connectivity index (χ0v) is 59.8. The van der Waals surface area contributed by atoms with Gasteiger partial charge in [0.2, 0.25) is 0 Å². The second-order valence-electron chi connectivity index (χ2n) is 26.9. The van der Waals surface area contributed by atoms with Crippen molar-refractivity contribution >= 4 is 39.5 Å². The monoisotopic (exact) mass is 1310 g/mol. The van der Waals surface area contributed by atoms with E-state index >= 15 is 0 Å². The molecule has 0 saturated carbocycles. The third-order valence-corrected chi connectivity index (χ3v) is 18.3. The highest BCUT2D eigenvalue weighted by Gasteiger charge is 2.30. The Morgan fingerprint density at radius 3 is 0.798 bits per heavy atom. The van der Waals surface area contributed by atoms with Gasteiger partial charge in [0.05, 0.1) is 26.4 Å². The average Bonchev–Trinajstić information content (AvgIpc) is 3.68. The maximum Gasteiger partial charge on any atom is 0.472 e. The van der Waals surface area contributed by atoms with Gasteiger partial charge < -0.3 is 33.8 Å². The van der Waals surface area contributed by atoms with E-state index in [0.29, 0.717) is 37.5 Å². The molecule has 0 aromatic rings. The fraction of sp³-hybridized carbons (Fsp3) is 0.943. The van der Waals surface area contributed by atoms with Crippen LogP contribution < -0.4 is 0 Å². The van der Waals surface area contributed by atoms with Crippen molar-refractivity contribution in [2.75, 3.05) is 39.6 Å². The molecule has 0 spiro atoms. The van der Waals surface area contributed by atoms with E-state index in [-0.39, 0.29) is 25.7 Å². The number of aliphatic hydroxyl groups excluding tert-OH is 1. The molecular weight excluding hydrogens is 1170 g/mol. The number of rotatable bonds is 67. The fourth-order valence-corrected chi connectivity index (χ4v) is 12.0. The molecule has 0 aliphatic rings. The molecule has 4 unspecified atom stereocenters. The Morgan fingerprint density at radius 2 is 0.539 bits per heavy atom. The van der Waals surface area contributed by atoms with Crippen molar-refractivity contribution in [1.82, 2.24) is 0 Å². The minimum atomic E-state index is -4.95. The lowest BCUT2D eigenvalue weighted by molar-refractivity contribution is -0.161. The van der Waals surface area contributed by atoms with Gasteiger partial charge in [0.25, 0.3) is 0 Å². The molecule has 3 N–H and O–H groups in total. The van der Waals surface area contributed by atoms with Crippen LogP contribution in [0.2, 0.25) is 0 Å². The van der Waals surface area contributed by atoms with Crippen LogP contribution in [0.4, 0.5) is 0 Å². The molecule has 528 valence electrons. The molecule has 0 aliphatic carbocycles. The number of hydrogen-bond acceptors (Lipinski definition) is 15. The highest BCUT2D eigenvalue weighted by atomic mass is 31.2. The number of aliphatic hydroxyl groups is 1. The topological polar surface area (TPSA) is 237 Å². The zero-order valence-electron chi connectivity index (χ0n) is 58.1.